The van der Waals surface area contributed by atoms with Crippen molar-refractivity contribution in [2.75, 3.05) is 6.29 Å². The minimum atomic E-state index is -3.18. The van der Waals surface area contributed by atoms with Gasteiger partial charge in [0.25, 0.3) is 5.91 Å². The Hall–Kier alpha value is -1.10. The average Bonchev–Trinajstić information content (AvgIpc) is 2.50. The molecule has 0 aliphatic rings. The van der Waals surface area contributed by atoms with Crippen LogP contribution in [0.5, 0.6) is 0 Å². The van der Waals surface area contributed by atoms with E-state index in [-0.39, 0.29) is 6.29 Å². The molecule has 0 bridgehead atoms. The average molecular weight is 203 g/mol. The van der Waals surface area contributed by atoms with E-state index in [1.807, 2.05) is 0 Å². The standard InChI is InChI=1S/C6H10N3O3P/c7-13(8,11)4-9-6(10)5-1-2-12-3-5/h1-3H,4H2,(H,9,10)(H4,7,8,11). The zero-order chi connectivity index (χ0) is 9.90. The van der Waals surface area contributed by atoms with E-state index in [0.717, 1.165) is 0 Å². The van der Waals surface area contributed by atoms with Gasteiger partial charge in [0, 0.05) is 0 Å². The summed E-state index contributed by atoms with van der Waals surface area (Å²) < 4.78 is 15.5. The van der Waals surface area contributed by atoms with Crippen LogP contribution in [-0.4, -0.2) is 12.2 Å². The lowest BCUT2D eigenvalue weighted by Gasteiger charge is -2.06. The number of nitrogens with two attached hydrogens (primary N) is 2. The molecule has 72 valence electrons. The van der Waals surface area contributed by atoms with Crippen molar-refractivity contribution in [3.8, 4) is 0 Å². The molecule has 1 heterocycles. The quantitative estimate of drug-likeness (QED) is 0.602. The lowest BCUT2D eigenvalue weighted by Crippen LogP contribution is -2.28. The van der Waals surface area contributed by atoms with Crippen LogP contribution in [0.1, 0.15) is 10.4 Å². The van der Waals surface area contributed by atoms with Gasteiger partial charge in [0.15, 0.2) is 0 Å². The summed E-state index contributed by atoms with van der Waals surface area (Å²) in [6.45, 7) is 0. The lowest BCUT2D eigenvalue weighted by molar-refractivity contribution is 0.0959. The van der Waals surface area contributed by atoms with Crippen molar-refractivity contribution in [1.29, 1.82) is 0 Å². The van der Waals surface area contributed by atoms with Crippen molar-refractivity contribution in [2.45, 2.75) is 0 Å². The first kappa shape index (κ1) is 9.98. The van der Waals surface area contributed by atoms with Gasteiger partial charge in [0.1, 0.15) is 6.26 Å². The number of hydrogen-bond acceptors (Lipinski definition) is 3. The van der Waals surface area contributed by atoms with Crippen molar-refractivity contribution in [3.63, 3.8) is 0 Å². The number of hydrogen-bond donors (Lipinski definition) is 3. The first-order valence-corrected chi connectivity index (χ1v) is 5.49. The molecule has 0 unspecified atom stereocenters. The highest BCUT2D eigenvalue weighted by atomic mass is 31.2. The highest BCUT2D eigenvalue weighted by Gasteiger charge is 2.12. The normalized spacial score (nSPS) is 11.2. The predicted molar refractivity (Wildman–Crippen MR) is 47.0 cm³/mol. The second kappa shape index (κ2) is 3.74. The SMILES string of the molecule is NP(N)(=O)CNC(=O)c1ccoc1. The third kappa shape index (κ3) is 3.42. The first-order valence-electron chi connectivity index (χ1n) is 3.45. The van der Waals surface area contributed by atoms with Crippen LogP contribution < -0.4 is 16.3 Å². The van der Waals surface area contributed by atoms with E-state index >= 15 is 0 Å². The van der Waals surface area contributed by atoms with Crippen LogP contribution in [0.3, 0.4) is 0 Å². The number of carbonyl (C=O) groups excluding carboxylic acids is 1. The summed E-state index contributed by atoms with van der Waals surface area (Å²) in [6.07, 6.45) is 2.41. The van der Waals surface area contributed by atoms with Crippen LogP contribution in [0, 0.1) is 0 Å². The van der Waals surface area contributed by atoms with Crippen LogP contribution in [0.15, 0.2) is 23.0 Å². The number of carbonyl (C=O) groups is 1. The summed E-state index contributed by atoms with van der Waals surface area (Å²) in [5, 5.41) is 2.31. The van der Waals surface area contributed by atoms with Crippen LogP contribution in [0.25, 0.3) is 0 Å². The van der Waals surface area contributed by atoms with Gasteiger partial charge in [-0.25, -0.2) is 0 Å². The van der Waals surface area contributed by atoms with Crippen LogP contribution in [-0.2, 0) is 4.57 Å². The molecule has 0 saturated heterocycles. The Morgan fingerprint density at radius 1 is 1.62 bits per heavy atom. The third-order valence-electron chi connectivity index (χ3n) is 1.27. The van der Waals surface area contributed by atoms with Crippen LogP contribution in [0.4, 0.5) is 0 Å². The van der Waals surface area contributed by atoms with Gasteiger partial charge in [0.2, 0.25) is 7.44 Å². The maximum Gasteiger partial charge on any atom is 0.255 e. The first-order chi connectivity index (χ1) is 5.99. The molecular weight excluding hydrogens is 193 g/mol. The Balaban J connectivity index is 2.49. The summed E-state index contributed by atoms with van der Waals surface area (Å²) in [4.78, 5) is 11.1. The molecule has 0 atom stereocenters. The van der Waals surface area contributed by atoms with Crippen molar-refractivity contribution >= 4 is 13.4 Å². The molecule has 0 fully saturated rings. The molecule has 13 heavy (non-hydrogen) atoms. The molecule has 1 rings (SSSR count). The minimum Gasteiger partial charge on any atom is -0.472 e. The second-order valence-corrected chi connectivity index (χ2v) is 4.55. The molecule has 0 aliphatic carbocycles. The van der Waals surface area contributed by atoms with Crippen molar-refractivity contribution in [2.24, 2.45) is 11.0 Å². The molecule has 7 heteroatoms. The Bertz CT molecular complexity index is 329. The summed E-state index contributed by atoms with van der Waals surface area (Å²) in [5.41, 5.74) is 10.4. The fraction of sp³-hybridized carbons (Fsp3) is 0.167. The van der Waals surface area contributed by atoms with Crippen LogP contribution >= 0.6 is 7.44 Å². The molecule has 1 amide bonds. The van der Waals surface area contributed by atoms with Gasteiger partial charge in [-0.2, -0.15) is 0 Å². The fourth-order valence-corrected chi connectivity index (χ4v) is 1.08. The molecule has 0 aromatic carbocycles. The number of furan rings is 1. The van der Waals surface area contributed by atoms with E-state index in [1.54, 1.807) is 0 Å². The maximum atomic E-state index is 11.1. The van der Waals surface area contributed by atoms with E-state index in [2.05, 4.69) is 9.73 Å². The van der Waals surface area contributed by atoms with Gasteiger partial charge in [-0.15, -0.1) is 0 Å². The predicted octanol–water partition coefficient (Wildman–Crippen LogP) is 0.0774. The molecule has 0 saturated carbocycles. The van der Waals surface area contributed by atoms with E-state index in [1.165, 1.54) is 18.6 Å². The van der Waals surface area contributed by atoms with Gasteiger partial charge in [-0.1, -0.05) is 0 Å². The zero-order valence-electron chi connectivity index (χ0n) is 6.77. The van der Waals surface area contributed by atoms with Gasteiger partial charge in [-0.3, -0.25) is 20.4 Å². The summed E-state index contributed by atoms with van der Waals surface area (Å²) in [5.74, 6) is -0.412. The highest BCUT2D eigenvalue weighted by Crippen LogP contribution is 2.21. The van der Waals surface area contributed by atoms with E-state index in [9.17, 15) is 9.36 Å². The molecule has 0 aliphatic heterocycles. The molecular formula is C6H10N3O3P. The van der Waals surface area contributed by atoms with Gasteiger partial charge < -0.3 is 9.73 Å². The Labute approximate surface area is 74.7 Å². The van der Waals surface area contributed by atoms with E-state index in [4.69, 9.17) is 11.0 Å². The van der Waals surface area contributed by atoms with Gasteiger partial charge in [0.05, 0.1) is 18.1 Å². The maximum absolute atomic E-state index is 11.1. The minimum absolute atomic E-state index is 0.225. The number of rotatable bonds is 3. The molecule has 5 N–H and O–H groups in total. The number of amides is 1. The van der Waals surface area contributed by atoms with Crippen molar-refractivity contribution < 1.29 is 13.8 Å². The Kier molecular flexibility index (Phi) is 2.87. The smallest absolute Gasteiger partial charge is 0.255 e. The Morgan fingerprint density at radius 2 is 2.31 bits per heavy atom. The molecule has 6 nitrogen and oxygen atoms in total. The Morgan fingerprint density at radius 3 is 2.77 bits per heavy atom. The number of nitrogens with one attached hydrogen (secondary N) is 1. The molecule has 0 spiro atoms. The van der Waals surface area contributed by atoms with Crippen molar-refractivity contribution in [1.82, 2.24) is 5.32 Å². The largest absolute Gasteiger partial charge is 0.472 e. The molecule has 1 aromatic heterocycles. The van der Waals surface area contributed by atoms with Crippen LogP contribution in [0.2, 0.25) is 0 Å². The molecule has 1 aromatic rings. The lowest BCUT2D eigenvalue weighted by atomic mass is 10.3. The van der Waals surface area contributed by atoms with Gasteiger partial charge >= 0.3 is 0 Å². The van der Waals surface area contributed by atoms with E-state index < -0.39 is 13.4 Å². The van der Waals surface area contributed by atoms with E-state index in [0.29, 0.717) is 5.56 Å². The van der Waals surface area contributed by atoms with Gasteiger partial charge in [-0.05, 0) is 6.07 Å². The van der Waals surface area contributed by atoms with Crippen molar-refractivity contribution in [3.05, 3.63) is 24.2 Å². The topological polar surface area (TPSA) is 111 Å². The molecule has 0 radical (unpaired) electrons. The summed E-state index contributed by atoms with van der Waals surface area (Å²) >= 11 is 0. The zero-order valence-corrected chi connectivity index (χ0v) is 7.66. The monoisotopic (exact) mass is 203 g/mol. The summed E-state index contributed by atoms with van der Waals surface area (Å²) in [7, 11) is -3.18. The second-order valence-electron chi connectivity index (χ2n) is 2.53. The fourth-order valence-electron chi connectivity index (χ4n) is 0.691. The third-order valence-corrected chi connectivity index (χ3v) is 1.92. The summed E-state index contributed by atoms with van der Waals surface area (Å²) in [6, 6.07) is 1.48. The highest BCUT2D eigenvalue weighted by molar-refractivity contribution is 7.58.